The van der Waals surface area contributed by atoms with E-state index in [0.717, 1.165) is 5.56 Å². The summed E-state index contributed by atoms with van der Waals surface area (Å²) in [5, 5.41) is 21.2. The Hall–Kier alpha value is -1.59. The summed E-state index contributed by atoms with van der Waals surface area (Å²) < 4.78 is 5.31. The molecule has 2 atom stereocenters. The molecule has 1 aromatic carbocycles. The van der Waals surface area contributed by atoms with Crippen molar-refractivity contribution in [2.45, 2.75) is 51.4 Å². The van der Waals surface area contributed by atoms with E-state index in [1.54, 1.807) is 20.8 Å². The maximum atomic E-state index is 12.1. The Bertz CT molecular complexity index is 535. The minimum atomic E-state index is -1.33. The van der Waals surface area contributed by atoms with E-state index in [2.05, 4.69) is 0 Å². The zero-order valence-electron chi connectivity index (χ0n) is 13.7. The Morgan fingerprint density at radius 1 is 1.32 bits per heavy atom. The first-order chi connectivity index (χ1) is 10.1. The fraction of sp³-hybridized carbons (Fsp3) is 0.588. The lowest BCUT2D eigenvalue weighted by molar-refractivity contribution is -0.123. The van der Waals surface area contributed by atoms with Crippen LogP contribution in [0.25, 0.3) is 0 Å². The fourth-order valence-corrected chi connectivity index (χ4v) is 2.59. The van der Waals surface area contributed by atoms with Crippen LogP contribution in [-0.2, 0) is 10.3 Å². The normalized spacial score (nSPS) is 25.9. The highest BCUT2D eigenvalue weighted by Crippen LogP contribution is 2.33. The second kappa shape index (κ2) is 5.89. The molecule has 1 aliphatic heterocycles. The quantitative estimate of drug-likeness (QED) is 0.834. The van der Waals surface area contributed by atoms with Gasteiger partial charge in [0.05, 0.1) is 6.54 Å². The van der Waals surface area contributed by atoms with E-state index in [0.29, 0.717) is 12.1 Å². The Kier molecular flexibility index (Phi) is 4.49. The van der Waals surface area contributed by atoms with E-state index in [1.807, 2.05) is 31.2 Å². The molecule has 122 valence electrons. The molecule has 0 aliphatic carbocycles. The number of hydrogen-bond acceptors (Lipinski definition) is 4. The van der Waals surface area contributed by atoms with Gasteiger partial charge in [-0.25, -0.2) is 4.79 Å². The lowest BCUT2D eigenvalue weighted by Gasteiger charge is -2.42. The SMILES string of the molecule is Cc1ccc([C@]2(O)CCN(C(=O)OC(C)(C)C)C[C@H]2O)cc1. The minimum Gasteiger partial charge on any atom is -0.444 e. The van der Waals surface area contributed by atoms with E-state index < -0.39 is 23.4 Å². The average molecular weight is 307 g/mol. The lowest BCUT2D eigenvalue weighted by Crippen LogP contribution is -2.55. The maximum absolute atomic E-state index is 12.1. The molecule has 1 aromatic rings. The number of hydrogen-bond donors (Lipinski definition) is 2. The van der Waals surface area contributed by atoms with Crippen molar-refractivity contribution in [3.63, 3.8) is 0 Å². The molecule has 1 heterocycles. The van der Waals surface area contributed by atoms with Gasteiger partial charge in [0.15, 0.2) is 0 Å². The number of rotatable bonds is 1. The molecule has 0 spiro atoms. The van der Waals surface area contributed by atoms with Crippen LogP contribution in [0.2, 0.25) is 0 Å². The standard InChI is InChI=1S/C17H25NO4/c1-12-5-7-13(8-6-12)17(21)9-10-18(11-14(17)19)15(20)22-16(2,3)4/h5-8,14,19,21H,9-11H2,1-4H3/t14-,17-/m1/s1. The number of aryl methyl sites for hydroxylation is 1. The number of aliphatic hydroxyl groups is 2. The molecule has 0 unspecified atom stereocenters. The second-order valence-electron chi connectivity index (χ2n) is 6.98. The van der Waals surface area contributed by atoms with Crippen LogP contribution in [0.3, 0.4) is 0 Å². The molecule has 5 heteroatoms. The van der Waals surface area contributed by atoms with Crippen LogP contribution in [0.5, 0.6) is 0 Å². The van der Waals surface area contributed by atoms with Crippen molar-refractivity contribution in [3.05, 3.63) is 35.4 Å². The number of carbonyl (C=O) groups is 1. The van der Waals surface area contributed by atoms with Crippen molar-refractivity contribution < 1.29 is 19.7 Å². The first kappa shape index (κ1) is 16.8. The number of β-amino-alcohol motifs (C(OH)–C–C–N with tert-alkyl or cyclic N) is 1. The van der Waals surface area contributed by atoms with Crippen molar-refractivity contribution in [3.8, 4) is 0 Å². The zero-order chi connectivity index (χ0) is 16.5. The smallest absolute Gasteiger partial charge is 0.410 e. The molecular formula is C17H25NO4. The van der Waals surface area contributed by atoms with Gasteiger partial charge < -0.3 is 19.8 Å². The predicted octanol–water partition coefficient (Wildman–Crippen LogP) is 2.18. The van der Waals surface area contributed by atoms with Crippen LogP contribution in [0.1, 0.15) is 38.3 Å². The molecule has 5 nitrogen and oxygen atoms in total. The maximum Gasteiger partial charge on any atom is 0.410 e. The van der Waals surface area contributed by atoms with Crippen LogP contribution < -0.4 is 0 Å². The van der Waals surface area contributed by atoms with Crippen molar-refractivity contribution in [1.29, 1.82) is 0 Å². The Morgan fingerprint density at radius 3 is 2.41 bits per heavy atom. The van der Waals surface area contributed by atoms with E-state index in [1.165, 1.54) is 4.90 Å². The van der Waals surface area contributed by atoms with Gasteiger partial charge in [0.2, 0.25) is 0 Å². The van der Waals surface area contributed by atoms with Crippen molar-refractivity contribution in [1.82, 2.24) is 4.90 Å². The molecule has 2 rings (SSSR count). The number of piperidine rings is 1. The van der Waals surface area contributed by atoms with Crippen LogP contribution in [0.15, 0.2) is 24.3 Å². The van der Waals surface area contributed by atoms with Gasteiger partial charge >= 0.3 is 6.09 Å². The molecule has 0 saturated carbocycles. The molecule has 0 aromatic heterocycles. The molecule has 0 radical (unpaired) electrons. The van der Waals surface area contributed by atoms with Crippen LogP contribution >= 0.6 is 0 Å². The molecular weight excluding hydrogens is 282 g/mol. The number of likely N-dealkylation sites (tertiary alicyclic amines) is 1. The predicted molar refractivity (Wildman–Crippen MR) is 83.5 cm³/mol. The largest absolute Gasteiger partial charge is 0.444 e. The van der Waals surface area contributed by atoms with Gasteiger partial charge in [-0.15, -0.1) is 0 Å². The summed E-state index contributed by atoms with van der Waals surface area (Å²) in [6.45, 7) is 7.76. The van der Waals surface area contributed by atoms with Gasteiger partial charge in [0.1, 0.15) is 17.3 Å². The van der Waals surface area contributed by atoms with E-state index in [9.17, 15) is 15.0 Å². The van der Waals surface area contributed by atoms with E-state index in [-0.39, 0.29) is 13.0 Å². The Morgan fingerprint density at radius 2 is 1.91 bits per heavy atom. The first-order valence-electron chi connectivity index (χ1n) is 7.57. The zero-order valence-corrected chi connectivity index (χ0v) is 13.7. The Balaban J connectivity index is 2.09. The number of ether oxygens (including phenoxy) is 1. The first-order valence-corrected chi connectivity index (χ1v) is 7.57. The third kappa shape index (κ3) is 3.59. The van der Waals surface area contributed by atoms with Gasteiger partial charge in [0, 0.05) is 13.0 Å². The van der Waals surface area contributed by atoms with Gasteiger partial charge in [-0.05, 0) is 33.3 Å². The number of benzene rings is 1. The lowest BCUT2D eigenvalue weighted by atomic mass is 9.82. The molecule has 2 N–H and O–H groups in total. The monoisotopic (exact) mass is 307 g/mol. The summed E-state index contributed by atoms with van der Waals surface area (Å²) >= 11 is 0. The average Bonchev–Trinajstić information content (AvgIpc) is 2.40. The molecule has 1 aliphatic rings. The summed E-state index contributed by atoms with van der Waals surface area (Å²) in [5.74, 6) is 0. The molecule has 1 fully saturated rings. The highest BCUT2D eigenvalue weighted by Gasteiger charge is 2.43. The van der Waals surface area contributed by atoms with Gasteiger partial charge in [-0.2, -0.15) is 0 Å². The summed E-state index contributed by atoms with van der Waals surface area (Å²) in [6.07, 6.45) is -1.23. The van der Waals surface area contributed by atoms with Gasteiger partial charge in [-0.1, -0.05) is 29.8 Å². The van der Waals surface area contributed by atoms with Crippen LogP contribution in [0.4, 0.5) is 4.79 Å². The number of nitrogens with zero attached hydrogens (tertiary/aromatic N) is 1. The summed E-state index contributed by atoms with van der Waals surface area (Å²) in [7, 11) is 0. The van der Waals surface area contributed by atoms with Crippen molar-refractivity contribution in [2.75, 3.05) is 13.1 Å². The highest BCUT2D eigenvalue weighted by molar-refractivity contribution is 5.68. The fourth-order valence-electron chi connectivity index (χ4n) is 2.59. The topological polar surface area (TPSA) is 70.0 Å². The number of carbonyl (C=O) groups excluding carboxylic acids is 1. The van der Waals surface area contributed by atoms with E-state index >= 15 is 0 Å². The third-order valence-electron chi connectivity index (χ3n) is 3.91. The van der Waals surface area contributed by atoms with Crippen LogP contribution in [0, 0.1) is 6.92 Å². The molecule has 22 heavy (non-hydrogen) atoms. The summed E-state index contributed by atoms with van der Waals surface area (Å²) in [4.78, 5) is 13.5. The van der Waals surface area contributed by atoms with E-state index in [4.69, 9.17) is 4.74 Å². The van der Waals surface area contributed by atoms with Gasteiger partial charge in [-0.3, -0.25) is 0 Å². The highest BCUT2D eigenvalue weighted by atomic mass is 16.6. The molecule has 0 bridgehead atoms. The summed E-state index contributed by atoms with van der Waals surface area (Å²) in [6, 6.07) is 7.45. The van der Waals surface area contributed by atoms with Gasteiger partial charge in [0.25, 0.3) is 0 Å². The minimum absolute atomic E-state index is 0.0549. The molecule has 1 amide bonds. The number of aliphatic hydroxyl groups excluding tert-OH is 1. The van der Waals surface area contributed by atoms with Crippen LogP contribution in [-0.4, -0.2) is 46.0 Å². The third-order valence-corrected chi connectivity index (χ3v) is 3.91. The molecule has 1 saturated heterocycles. The van der Waals surface area contributed by atoms with Crippen molar-refractivity contribution >= 4 is 6.09 Å². The summed E-state index contributed by atoms with van der Waals surface area (Å²) in [5.41, 5.74) is -0.138. The number of amides is 1. The Labute approximate surface area is 131 Å². The second-order valence-corrected chi connectivity index (χ2v) is 6.98. The van der Waals surface area contributed by atoms with Crippen molar-refractivity contribution in [2.24, 2.45) is 0 Å².